The summed E-state index contributed by atoms with van der Waals surface area (Å²) in [7, 11) is 0. The summed E-state index contributed by atoms with van der Waals surface area (Å²) in [6, 6.07) is 8.03. The lowest BCUT2D eigenvalue weighted by molar-refractivity contribution is 0.0952. The van der Waals surface area contributed by atoms with Gasteiger partial charge in [0.25, 0.3) is 5.91 Å². The summed E-state index contributed by atoms with van der Waals surface area (Å²) in [4.78, 5) is 11.8. The second kappa shape index (κ2) is 6.17. The molecule has 2 N–H and O–H groups in total. The molecule has 1 aromatic rings. The van der Waals surface area contributed by atoms with Gasteiger partial charge in [-0.1, -0.05) is 22.0 Å². The first kappa shape index (κ1) is 12.6. The number of nitrogens with one attached hydrogen (secondary N) is 2. The highest BCUT2D eigenvalue weighted by Gasteiger charge is 2.13. The quantitative estimate of drug-likeness (QED) is 0.895. The van der Waals surface area contributed by atoms with Crippen molar-refractivity contribution in [2.45, 2.75) is 25.3 Å². The average molecular weight is 297 g/mol. The lowest BCUT2D eigenvalue weighted by Gasteiger charge is -2.10. The Kier molecular flexibility index (Phi) is 4.57. The van der Waals surface area contributed by atoms with Crippen LogP contribution < -0.4 is 10.6 Å². The molecule has 1 heterocycles. The summed E-state index contributed by atoms with van der Waals surface area (Å²) >= 11 is 3.36. The van der Waals surface area contributed by atoms with E-state index in [1.165, 1.54) is 12.8 Å². The molecule has 1 aliphatic rings. The standard InChI is InChI=1S/C13H17BrN2O/c14-11-4-1-3-10(9-11)13(17)16-8-6-12-5-2-7-15-12/h1,3-4,9,12,15H,2,5-8H2,(H,16,17)/t12-/m1/s1. The van der Waals surface area contributed by atoms with E-state index in [9.17, 15) is 4.79 Å². The molecular formula is C13H17BrN2O. The fourth-order valence-electron chi connectivity index (χ4n) is 2.09. The average Bonchev–Trinajstić information content (AvgIpc) is 2.82. The maximum absolute atomic E-state index is 11.8. The predicted molar refractivity (Wildman–Crippen MR) is 72.1 cm³/mol. The molecule has 0 radical (unpaired) electrons. The van der Waals surface area contributed by atoms with E-state index in [4.69, 9.17) is 0 Å². The molecule has 1 atom stereocenters. The van der Waals surface area contributed by atoms with E-state index >= 15 is 0 Å². The summed E-state index contributed by atoms with van der Waals surface area (Å²) < 4.78 is 0.933. The maximum atomic E-state index is 11.8. The first-order valence-corrected chi connectivity index (χ1v) is 6.82. The molecule has 3 nitrogen and oxygen atoms in total. The van der Waals surface area contributed by atoms with E-state index in [0.717, 1.165) is 24.0 Å². The van der Waals surface area contributed by atoms with Crippen LogP contribution in [0.1, 0.15) is 29.6 Å². The van der Waals surface area contributed by atoms with E-state index in [1.807, 2.05) is 24.3 Å². The van der Waals surface area contributed by atoms with Gasteiger partial charge in [-0.15, -0.1) is 0 Å². The van der Waals surface area contributed by atoms with Crippen molar-refractivity contribution in [3.05, 3.63) is 34.3 Å². The van der Waals surface area contributed by atoms with Gasteiger partial charge in [0, 0.05) is 22.6 Å². The zero-order valence-electron chi connectivity index (χ0n) is 9.71. The molecule has 0 spiro atoms. The number of hydrogen-bond acceptors (Lipinski definition) is 2. The first-order chi connectivity index (χ1) is 8.25. The van der Waals surface area contributed by atoms with Gasteiger partial charge in [-0.05, 0) is 44.0 Å². The van der Waals surface area contributed by atoms with Crippen molar-refractivity contribution < 1.29 is 4.79 Å². The van der Waals surface area contributed by atoms with Gasteiger partial charge in [-0.2, -0.15) is 0 Å². The molecule has 1 amide bonds. The summed E-state index contributed by atoms with van der Waals surface area (Å²) in [5, 5.41) is 6.37. The number of halogens is 1. The van der Waals surface area contributed by atoms with Crippen LogP contribution >= 0.6 is 15.9 Å². The van der Waals surface area contributed by atoms with E-state index in [0.29, 0.717) is 11.6 Å². The van der Waals surface area contributed by atoms with Gasteiger partial charge in [-0.3, -0.25) is 4.79 Å². The van der Waals surface area contributed by atoms with Crippen LogP contribution in [-0.2, 0) is 0 Å². The van der Waals surface area contributed by atoms with Crippen molar-refractivity contribution in [1.29, 1.82) is 0 Å². The molecule has 0 bridgehead atoms. The Hall–Kier alpha value is -0.870. The van der Waals surface area contributed by atoms with Crippen LogP contribution in [0.2, 0.25) is 0 Å². The zero-order valence-corrected chi connectivity index (χ0v) is 11.3. The number of rotatable bonds is 4. The minimum absolute atomic E-state index is 0.00398. The second-order valence-electron chi connectivity index (χ2n) is 4.35. The highest BCUT2D eigenvalue weighted by atomic mass is 79.9. The zero-order chi connectivity index (χ0) is 12.1. The Balaban J connectivity index is 1.77. The number of amides is 1. The third kappa shape index (κ3) is 3.82. The monoisotopic (exact) mass is 296 g/mol. The highest BCUT2D eigenvalue weighted by Crippen LogP contribution is 2.12. The van der Waals surface area contributed by atoms with Gasteiger partial charge in [-0.25, -0.2) is 0 Å². The number of carbonyl (C=O) groups excluding carboxylic acids is 1. The maximum Gasteiger partial charge on any atom is 0.251 e. The Morgan fingerprint density at radius 2 is 2.41 bits per heavy atom. The lowest BCUT2D eigenvalue weighted by Crippen LogP contribution is -2.30. The van der Waals surface area contributed by atoms with E-state index in [1.54, 1.807) is 0 Å². The van der Waals surface area contributed by atoms with E-state index in [-0.39, 0.29) is 5.91 Å². The summed E-state index contributed by atoms with van der Waals surface area (Å²) in [5.74, 6) is 0.00398. The molecule has 1 fully saturated rings. The minimum Gasteiger partial charge on any atom is -0.352 e. The van der Waals surface area contributed by atoms with Crippen molar-refractivity contribution >= 4 is 21.8 Å². The molecule has 0 aromatic heterocycles. The van der Waals surface area contributed by atoms with Crippen molar-refractivity contribution in [2.24, 2.45) is 0 Å². The van der Waals surface area contributed by atoms with E-state index in [2.05, 4.69) is 26.6 Å². The molecule has 1 aliphatic heterocycles. The van der Waals surface area contributed by atoms with Crippen molar-refractivity contribution in [3.63, 3.8) is 0 Å². The van der Waals surface area contributed by atoms with Gasteiger partial charge < -0.3 is 10.6 Å². The molecule has 4 heteroatoms. The Bertz CT molecular complexity index is 389. The normalized spacial score (nSPS) is 19.2. The van der Waals surface area contributed by atoms with Crippen LogP contribution in [0.5, 0.6) is 0 Å². The van der Waals surface area contributed by atoms with Crippen molar-refractivity contribution in [3.8, 4) is 0 Å². The molecule has 1 aromatic carbocycles. The van der Waals surface area contributed by atoms with E-state index < -0.39 is 0 Å². The Morgan fingerprint density at radius 1 is 1.53 bits per heavy atom. The molecule has 0 aliphatic carbocycles. The largest absolute Gasteiger partial charge is 0.352 e. The summed E-state index contributed by atoms with van der Waals surface area (Å²) in [6.45, 7) is 1.85. The van der Waals surface area contributed by atoms with Crippen LogP contribution in [0.25, 0.3) is 0 Å². The number of benzene rings is 1. The molecule has 0 unspecified atom stereocenters. The van der Waals surface area contributed by atoms with Gasteiger partial charge in [0.05, 0.1) is 0 Å². The Morgan fingerprint density at radius 3 is 3.12 bits per heavy atom. The van der Waals surface area contributed by atoms with Crippen LogP contribution in [0.4, 0.5) is 0 Å². The van der Waals surface area contributed by atoms with Crippen LogP contribution in [0.15, 0.2) is 28.7 Å². The van der Waals surface area contributed by atoms with Crippen LogP contribution in [0.3, 0.4) is 0 Å². The summed E-state index contributed by atoms with van der Waals surface area (Å²) in [5.41, 5.74) is 0.707. The third-order valence-electron chi connectivity index (χ3n) is 3.03. The van der Waals surface area contributed by atoms with Crippen LogP contribution in [-0.4, -0.2) is 25.0 Å². The lowest BCUT2D eigenvalue weighted by atomic mass is 10.1. The topological polar surface area (TPSA) is 41.1 Å². The third-order valence-corrected chi connectivity index (χ3v) is 3.52. The van der Waals surface area contributed by atoms with Gasteiger partial charge in [0.1, 0.15) is 0 Å². The predicted octanol–water partition coefficient (Wildman–Crippen LogP) is 2.32. The molecule has 2 rings (SSSR count). The molecule has 0 saturated carbocycles. The van der Waals surface area contributed by atoms with Gasteiger partial charge in [0.2, 0.25) is 0 Å². The van der Waals surface area contributed by atoms with Gasteiger partial charge >= 0.3 is 0 Å². The molecule has 92 valence electrons. The smallest absolute Gasteiger partial charge is 0.251 e. The Labute approximate surface area is 110 Å². The first-order valence-electron chi connectivity index (χ1n) is 6.03. The van der Waals surface area contributed by atoms with Gasteiger partial charge in [0.15, 0.2) is 0 Å². The minimum atomic E-state index is 0.00398. The van der Waals surface area contributed by atoms with Crippen molar-refractivity contribution in [1.82, 2.24) is 10.6 Å². The number of hydrogen-bond donors (Lipinski definition) is 2. The highest BCUT2D eigenvalue weighted by molar-refractivity contribution is 9.10. The summed E-state index contributed by atoms with van der Waals surface area (Å²) in [6.07, 6.45) is 3.50. The molecule has 17 heavy (non-hydrogen) atoms. The van der Waals surface area contributed by atoms with Crippen LogP contribution in [0, 0.1) is 0 Å². The molecule has 1 saturated heterocycles. The SMILES string of the molecule is O=C(NCC[C@H]1CCCN1)c1cccc(Br)c1. The second-order valence-corrected chi connectivity index (χ2v) is 5.26. The molecular weight excluding hydrogens is 280 g/mol. The fraction of sp³-hybridized carbons (Fsp3) is 0.462. The van der Waals surface area contributed by atoms with Crippen molar-refractivity contribution in [2.75, 3.05) is 13.1 Å². The fourth-order valence-corrected chi connectivity index (χ4v) is 2.49. The number of carbonyl (C=O) groups is 1.